The molecular formula is C29H31N2O2+. The molecule has 1 aliphatic rings. The molecule has 4 heteroatoms. The Labute approximate surface area is 196 Å². The summed E-state index contributed by atoms with van der Waals surface area (Å²) in [4.78, 5) is 2.24. The fourth-order valence-electron chi connectivity index (χ4n) is 4.12. The average molecular weight is 440 g/mol. The zero-order valence-corrected chi connectivity index (χ0v) is 19.3. The first-order chi connectivity index (χ1) is 16.2. The third kappa shape index (κ3) is 5.07. The minimum atomic E-state index is -0.0271. The maximum Gasteiger partial charge on any atom is 0.213 e. The van der Waals surface area contributed by atoms with Gasteiger partial charge in [-0.15, -0.1) is 0 Å². The van der Waals surface area contributed by atoms with E-state index in [2.05, 4.69) is 109 Å². The quantitative estimate of drug-likeness (QED) is 0.286. The number of anilines is 1. The van der Waals surface area contributed by atoms with Gasteiger partial charge >= 0.3 is 0 Å². The van der Waals surface area contributed by atoms with Crippen molar-refractivity contribution in [1.29, 1.82) is 0 Å². The van der Waals surface area contributed by atoms with E-state index in [1.807, 2.05) is 12.2 Å². The molecule has 168 valence electrons. The lowest BCUT2D eigenvalue weighted by Crippen LogP contribution is -2.32. The van der Waals surface area contributed by atoms with E-state index in [0.29, 0.717) is 5.76 Å². The molecule has 0 spiro atoms. The van der Waals surface area contributed by atoms with E-state index in [1.165, 1.54) is 22.2 Å². The summed E-state index contributed by atoms with van der Waals surface area (Å²) in [6.45, 7) is 6.37. The molecule has 4 nitrogen and oxygen atoms in total. The Morgan fingerprint density at radius 2 is 1.88 bits per heavy atom. The van der Waals surface area contributed by atoms with Gasteiger partial charge in [-0.1, -0.05) is 42.5 Å². The first kappa shape index (κ1) is 22.6. The molecule has 0 amide bonds. The molecule has 1 aromatic heterocycles. The number of aliphatic hydroxyl groups excluding tert-OH is 1. The molecule has 4 rings (SSSR count). The molecule has 2 heterocycles. The molecular weight excluding hydrogens is 408 g/mol. The number of aromatic nitrogens is 1. The summed E-state index contributed by atoms with van der Waals surface area (Å²) in [6, 6.07) is 19.0. The second-order valence-electron chi connectivity index (χ2n) is 7.79. The Hall–Kier alpha value is -3.63. The monoisotopic (exact) mass is 439 g/mol. The van der Waals surface area contributed by atoms with Crippen LogP contribution in [0.4, 0.5) is 5.69 Å². The first-order valence-electron chi connectivity index (χ1n) is 11.5. The number of hydrogen-bond acceptors (Lipinski definition) is 3. The van der Waals surface area contributed by atoms with Gasteiger partial charge in [-0.3, -0.25) is 0 Å². The van der Waals surface area contributed by atoms with Gasteiger partial charge in [0.2, 0.25) is 5.52 Å². The fraction of sp³-hybridized carbons (Fsp3) is 0.207. The number of aliphatic hydroxyl groups is 1. The molecule has 3 aromatic rings. The van der Waals surface area contributed by atoms with Crippen molar-refractivity contribution in [1.82, 2.24) is 0 Å². The summed E-state index contributed by atoms with van der Waals surface area (Å²) in [5.74, 6) is 0.705. The van der Waals surface area contributed by atoms with Crippen molar-refractivity contribution in [2.45, 2.75) is 20.4 Å². The second-order valence-corrected chi connectivity index (χ2v) is 7.79. The minimum Gasteiger partial charge on any atom is -0.491 e. The molecule has 2 aromatic carbocycles. The normalized spacial score (nSPS) is 14.9. The number of hydrogen-bond donors (Lipinski definition) is 1. The van der Waals surface area contributed by atoms with Crippen molar-refractivity contribution in [2.24, 2.45) is 0 Å². The Kier molecular flexibility index (Phi) is 7.38. The Balaban J connectivity index is 1.67. The predicted molar refractivity (Wildman–Crippen MR) is 137 cm³/mol. The van der Waals surface area contributed by atoms with E-state index in [9.17, 15) is 5.11 Å². The number of aryl methyl sites for hydroxylation is 1. The van der Waals surface area contributed by atoms with Crippen LogP contribution in [0.3, 0.4) is 0 Å². The minimum absolute atomic E-state index is 0.0271. The van der Waals surface area contributed by atoms with E-state index in [0.717, 1.165) is 24.2 Å². The molecule has 0 aliphatic carbocycles. The molecule has 0 atom stereocenters. The highest BCUT2D eigenvalue weighted by Crippen LogP contribution is 2.32. The summed E-state index contributed by atoms with van der Waals surface area (Å²) in [6.07, 6.45) is 14.5. The number of rotatable bonds is 8. The number of nitrogens with zero attached hydrogens (tertiary/aromatic N) is 2. The van der Waals surface area contributed by atoms with Crippen molar-refractivity contribution in [3.63, 3.8) is 0 Å². The molecule has 0 saturated heterocycles. The highest BCUT2D eigenvalue weighted by atomic mass is 16.5. The van der Waals surface area contributed by atoms with E-state index in [-0.39, 0.29) is 13.2 Å². The van der Waals surface area contributed by atoms with Crippen LogP contribution in [0.25, 0.3) is 22.6 Å². The molecule has 1 N–H and O–H groups in total. The Morgan fingerprint density at radius 1 is 1.06 bits per heavy atom. The van der Waals surface area contributed by atoms with Crippen LogP contribution in [-0.4, -0.2) is 24.9 Å². The predicted octanol–water partition coefficient (Wildman–Crippen LogP) is 5.49. The Bertz CT molecular complexity index is 1240. The van der Waals surface area contributed by atoms with E-state index >= 15 is 0 Å². The van der Waals surface area contributed by atoms with Gasteiger partial charge in [0.15, 0.2) is 6.20 Å². The largest absolute Gasteiger partial charge is 0.491 e. The lowest BCUT2D eigenvalue weighted by Gasteiger charge is -2.26. The summed E-state index contributed by atoms with van der Waals surface area (Å²) < 4.78 is 8.07. The second kappa shape index (κ2) is 10.8. The highest BCUT2D eigenvalue weighted by Gasteiger charge is 2.14. The lowest BCUT2D eigenvalue weighted by atomic mass is 9.99. The summed E-state index contributed by atoms with van der Waals surface area (Å²) in [5, 5.41) is 10.5. The van der Waals surface area contributed by atoms with Crippen LogP contribution in [0, 0.1) is 0 Å². The van der Waals surface area contributed by atoms with Crippen LogP contribution >= 0.6 is 0 Å². The zero-order valence-electron chi connectivity index (χ0n) is 19.3. The SMILES string of the molecule is CCN1C=CC(=CC=C(C=Cc2cc[n+](CC)c3ccccc23)OCCO)c2ccccc21. The summed E-state index contributed by atoms with van der Waals surface area (Å²) in [7, 11) is 0. The van der Waals surface area contributed by atoms with Crippen molar-refractivity contribution < 1.29 is 14.4 Å². The van der Waals surface area contributed by atoms with Crippen LogP contribution in [-0.2, 0) is 11.3 Å². The number of fused-ring (bicyclic) bond motifs is 2. The number of pyridine rings is 1. The smallest absolute Gasteiger partial charge is 0.213 e. The fourth-order valence-corrected chi connectivity index (χ4v) is 4.12. The van der Waals surface area contributed by atoms with Gasteiger partial charge in [0.25, 0.3) is 0 Å². The summed E-state index contributed by atoms with van der Waals surface area (Å²) in [5.41, 5.74) is 5.86. The molecule has 1 aliphatic heterocycles. The zero-order chi connectivity index (χ0) is 23.0. The van der Waals surface area contributed by atoms with E-state index < -0.39 is 0 Å². The molecule has 0 fully saturated rings. The molecule has 0 radical (unpaired) electrons. The standard InChI is InChI=1S/C29H31N2O2/c1-3-30-19-17-23(26-9-5-7-11-28(26)30)13-15-25(33-22-21-32)16-14-24-18-20-31(4-2)29-12-8-6-10-27(24)29/h5-20,32H,3-4,21-22H2,1-2H3/q+1. The van der Waals surface area contributed by atoms with Crippen LogP contribution in [0.15, 0.2) is 97.1 Å². The average Bonchev–Trinajstić information content (AvgIpc) is 2.87. The number of para-hydroxylation sites is 2. The number of benzene rings is 2. The molecule has 0 saturated carbocycles. The maximum atomic E-state index is 9.29. The maximum absolute atomic E-state index is 9.29. The van der Waals surface area contributed by atoms with Crippen LogP contribution < -0.4 is 9.47 Å². The van der Waals surface area contributed by atoms with Crippen molar-refractivity contribution in [3.8, 4) is 0 Å². The number of ether oxygens (including phenoxy) is 1. The highest BCUT2D eigenvalue weighted by molar-refractivity contribution is 5.87. The van der Waals surface area contributed by atoms with E-state index in [4.69, 9.17) is 4.74 Å². The van der Waals surface area contributed by atoms with Crippen molar-refractivity contribution >= 4 is 28.2 Å². The van der Waals surface area contributed by atoms with Crippen LogP contribution in [0.5, 0.6) is 0 Å². The van der Waals surface area contributed by atoms with Gasteiger partial charge in [-0.05, 0) is 55.3 Å². The van der Waals surface area contributed by atoms with Gasteiger partial charge in [0, 0.05) is 36.1 Å². The van der Waals surface area contributed by atoms with Crippen LogP contribution in [0.1, 0.15) is 25.0 Å². The van der Waals surface area contributed by atoms with Gasteiger partial charge in [-0.25, -0.2) is 0 Å². The Morgan fingerprint density at radius 3 is 2.70 bits per heavy atom. The molecule has 0 bridgehead atoms. The molecule has 33 heavy (non-hydrogen) atoms. The lowest BCUT2D eigenvalue weighted by molar-refractivity contribution is -0.667. The van der Waals surface area contributed by atoms with E-state index in [1.54, 1.807) is 0 Å². The van der Waals surface area contributed by atoms with Crippen molar-refractivity contribution in [2.75, 3.05) is 24.7 Å². The third-order valence-corrected chi connectivity index (χ3v) is 5.81. The number of allylic oxidation sites excluding steroid dienone is 5. The van der Waals surface area contributed by atoms with Gasteiger partial charge in [-0.2, -0.15) is 4.57 Å². The third-order valence-electron chi connectivity index (χ3n) is 5.81. The van der Waals surface area contributed by atoms with Crippen LogP contribution in [0.2, 0.25) is 0 Å². The van der Waals surface area contributed by atoms with Gasteiger partial charge in [0.1, 0.15) is 18.9 Å². The topological polar surface area (TPSA) is 36.6 Å². The van der Waals surface area contributed by atoms with Gasteiger partial charge < -0.3 is 14.7 Å². The first-order valence-corrected chi connectivity index (χ1v) is 11.5. The van der Waals surface area contributed by atoms with Gasteiger partial charge in [0.05, 0.1) is 12.0 Å². The summed E-state index contributed by atoms with van der Waals surface area (Å²) >= 11 is 0. The molecule has 0 unspecified atom stereocenters. The van der Waals surface area contributed by atoms with Crippen molar-refractivity contribution in [3.05, 3.63) is 108 Å².